The molecule has 186 valence electrons. The second kappa shape index (κ2) is 11.6. The highest BCUT2D eigenvalue weighted by atomic mass is 16.5. The molecule has 1 N–H and O–H groups in total. The summed E-state index contributed by atoms with van der Waals surface area (Å²) in [6.45, 7) is 2.99. The molecule has 1 saturated heterocycles. The van der Waals surface area contributed by atoms with E-state index in [1.807, 2.05) is 53.4 Å². The van der Waals surface area contributed by atoms with E-state index >= 15 is 0 Å². The number of carbonyl (C=O) groups is 1. The maximum Gasteiger partial charge on any atom is 0.337 e. The van der Waals surface area contributed by atoms with E-state index in [9.17, 15) is 9.90 Å². The van der Waals surface area contributed by atoms with Crippen LogP contribution in [0.3, 0.4) is 0 Å². The summed E-state index contributed by atoms with van der Waals surface area (Å²) in [7, 11) is 3.24. The topological polar surface area (TPSA) is 91.6 Å². The maximum atomic E-state index is 11.8. The Morgan fingerprint density at radius 3 is 2.26 bits per heavy atom. The Kier molecular flexibility index (Phi) is 8.12. The zero-order valence-corrected chi connectivity index (χ0v) is 19.9. The van der Waals surface area contributed by atoms with Gasteiger partial charge in [-0.05, 0) is 36.4 Å². The number of rotatable bonds is 13. The lowest BCUT2D eigenvalue weighted by atomic mass is 10.1. The second-order valence-electron chi connectivity index (χ2n) is 8.00. The lowest BCUT2D eigenvalue weighted by Crippen LogP contribution is -2.54. The minimum absolute atomic E-state index is 0.0481. The van der Waals surface area contributed by atoms with E-state index in [1.165, 1.54) is 0 Å². The van der Waals surface area contributed by atoms with E-state index in [-0.39, 0.29) is 11.7 Å². The number of aromatic carboxylic acids is 1. The number of ether oxygens (including phenoxy) is 5. The summed E-state index contributed by atoms with van der Waals surface area (Å²) in [4.78, 5) is 14.0. The van der Waals surface area contributed by atoms with E-state index in [0.29, 0.717) is 62.5 Å². The molecule has 35 heavy (non-hydrogen) atoms. The van der Waals surface area contributed by atoms with Crippen LogP contribution in [0.25, 0.3) is 5.69 Å². The normalized spacial score (nSPS) is 13.4. The first kappa shape index (κ1) is 24.4. The number of hydrogen-bond acceptors (Lipinski definition) is 7. The van der Waals surface area contributed by atoms with Crippen LogP contribution in [-0.2, 0) is 9.47 Å². The average Bonchev–Trinajstić information content (AvgIpc) is 3.37. The number of aromatic nitrogens is 1. The summed E-state index contributed by atoms with van der Waals surface area (Å²) >= 11 is 0. The van der Waals surface area contributed by atoms with Crippen molar-refractivity contribution >= 4 is 11.7 Å². The molecule has 4 rings (SSSR count). The zero-order valence-electron chi connectivity index (χ0n) is 19.9. The molecule has 0 atom stereocenters. The molecule has 2 aromatic carbocycles. The van der Waals surface area contributed by atoms with E-state index < -0.39 is 5.97 Å². The van der Waals surface area contributed by atoms with Crippen molar-refractivity contribution in [3.05, 3.63) is 66.5 Å². The molecule has 0 radical (unpaired) electrons. The highest BCUT2D eigenvalue weighted by molar-refractivity contribution is 5.95. The van der Waals surface area contributed by atoms with Crippen molar-refractivity contribution in [2.75, 3.05) is 58.6 Å². The standard InChI is InChI=1S/C26H30N2O7/c1-31-12-14-33-23-9-8-19(16-24(23)34-15-13-32-2)35-20-17-28(18-20)22-7-5-6-21(26(29)30)25(22)27-10-3-4-11-27/h3-11,16,20H,12-15,17-18H2,1-2H3,(H,29,30). The van der Waals surface area contributed by atoms with Gasteiger partial charge in [-0.15, -0.1) is 0 Å². The van der Waals surface area contributed by atoms with Gasteiger partial charge in [-0.1, -0.05) is 6.07 Å². The second-order valence-corrected chi connectivity index (χ2v) is 8.00. The van der Waals surface area contributed by atoms with Gasteiger partial charge in [0.2, 0.25) is 0 Å². The third-order valence-electron chi connectivity index (χ3n) is 5.60. The van der Waals surface area contributed by atoms with Gasteiger partial charge in [0.1, 0.15) is 25.1 Å². The first-order chi connectivity index (χ1) is 17.1. The van der Waals surface area contributed by atoms with E-state index in [1.54, 1.807) is 26.4 Å². The van der Waals surface area contributed by atoms with Gasteiger partial charge in [-0.3, -0.25) is 0 Å². The number of carboxylic acids is 1. The molecule has 0 bridgehead atoms. The summed E-state index contributed by atoms with van der Waals surface area (Å²) in [5.74, 6) is 0.905. The van der Waals surface area contributed by atoms with Crippen molar-refractivity contribution in [1.29, 1.82) is 0 Å². The molecule has 1 fully saturated rings. The molecule has 9 heteroatoms. The molecular weight excluding hydrogens is 452 g/mol. The summed E-state index contributed by atoms with van der Waals surface area (Å²) in [6, 6.07) is 14.6. The smallest absolute Gasteiger partial charge is 0.337 e. The van der Waals surface area contributed by atoms with Gasteiger partial charge in [0.15, 0.2) is 11.5 Å². The van der Waals surface area contributed by atoms with Gasteiger partial charge in [0, 0.05) is 32.7 Å². The van der Waals surface area contributed by atoms with Crippen molar-refractivity contribution in [2.24, 2.45) is 0 Å². The minimum Gasteiger partial charge on any atom is -0.487 e. The van der Waals surface area contributed by atoms with Crippen molar-refractivity contribution in [3.63, 3.8) is 0 Å². The van der Waals surface area contributed by atoms with Crippen LogP contribution < -0.4 is 19.1 Å². The Balaban J connectivity index is 1.45. The molecule has 0 aliphatic carbocycles. The number of benzene rings is 2. The minimum atomic E-state index is -0.960. The molecule has 0 amide bonds. The van der Waals surface area contributed by atoms with Crippen molar-refractivity contribution in [2.45, 2.75) is 6.10 Å². The first-order valence-electron chi connectivity index (χ1n) is 11.4. The lowest BCUT2D eigenvalue weighted by molar-refractivity contribution is 0.0697. The van der Waals surface area contributed by atoms with Crippen LogP contribution in [0.1, 0.15) is 10.4 Å². The van der Waals surface area contributed by atoms with Crippen LogP contribution in [0.15, 0.2) is 60.9 Å². The molecule has 1 aliphatic heterocycles. The fraction of sp³-hybridized carbons (Fsp3) is 0.346. The molecular formula is C26H30N2O7. The Bertz CT molecular complexity index is 1110. The molecule has 1 aromatic heterocycles. The SMILES string of the molecule is COCCOc1ccc(OC2CN(c3cccc(C(=O)O)c3-n3cccc3)C2)cc1OCCOC. The largest absolute Gasteiger partial charge is 0.487 e. The zero-order chi connectivity index (χ0) is 24.6. The fourth-order valence-electron chi connectivity index (χ4n) is 3.88. The van der Waals surface area contributed by atoms with Crippen molar-refractivity contribution in [3.8, 4) is 22.9 Å². The van der Waals surface area contributed by atoms with Crippen LogP contribution in [-0.4, -0.2) is 75.5 Å². The average molecular weight is 483 g/mol. The van der Waals surface area contributed by atoms with Crippen LogP contribution in [0.2, 0.25) is 0 Å². The highest BCUT2D eigenvalue weighted by Gasteiger charge is 2.32. The maximum absolute atomic E-state index is 11.8. The molecule has 0 saturated carbocycles. The monoisotopic (exact) mass is 482 g/mol. The van der Waals surface area contributed by atoms with Crippen molar-refractivity contribution in [1.82, 2.24) is 4.57 Å². The lowest BCUT2D eigenvalue weighted by Gasteiger charge is -2.41. The third-order valence-corrected chi connectivity index (χ3v) is 5.60. The Labute approximate surface area is 204 Å². The molecule has 0 unspecified atom stereocenters. The fourth-order valence-corrected chi connectivity index (χ4v) is 3.88. The van der Waals surface area contributed by atoms with Gasteiger partial charge < -0.3 is 38.3 Å². The third kappa shape index (κ3) is 5.87. The number of anilines is 1. The number of nitrogens with zero attached hydrogens (tertiary/aromatic N) is 2. The first-order valence-corrected chi connectivity index (χ1v) is 11.4. The number of methoxy groups -OCH3 is 2. The summed E-state index contributed by atoms with van der Waals surface area (Å²) in [6.07, 6.45) is 3.65. The van der Waals surface area contributed by atoms with Crippen molar-refractivity contribution < 1.29 is 33.6 Å². The van der Waals surface area contributed by atoms with Crippen LogP contribution >= 0.6 is 0 Å². The summed E-state index contributed by atoms with van der Waals surface area (Å²) < 4.78 is 29.7. The number of carboxylic acid groups (broad SMARTS) is 1. The van der Waals surface area contributed by atoms with Gasteiger partial charge in [0.05, 0.1) is 43.2 Å². The Morgan fingerprint density at radius 1 is 0.914 bits per heavy atom. The van der Waals surface area contributed by atoms with Crippen LogP contribution in [0.4, 0.5) is 5.69 Å². The van der Waals surface area contributed by atoms with Crippen LogP contribution in [0, 0.1) is 0 Å². The quantitative estimate of drug-likeness (QED) is 0.370. The number of para-hydroxylation sites is 1. The molecule has 0 spiro atoms. The summed E-state index contributed by atoms with van der Waals surface area (Å²) in [5, 5.41) is 9.71. The Hall–Kier alpha value is -3.69. The van der Waals surface area contributed by atoms with Gasteiger partial charge in [0.25, 0.3) is 0 Å². The van der Waals surface area contributed by atoms with E-state index in [0.717, 1.165) is 5.69 Å². The Morgan fingerprint density at radius 2 is 1.60 bits per heavy atom. The van der Waals surface area contributed by atoms with Crippen LogP contribution in [0.5, 0.6) is 17.2 Å². The van der Waals surface area contributed by atoms with Gasteiger partial charge in [-0.25, -0.2) is 4.79 Å². The molecule has 2 heterocycles. The predicted molar refractivity (Wildman–Crippen MR) is 131 cm³/mol. The molecule has 3 aromatic rings. The predicted octanol–water partition coefficient (Wildman–Crippen LogP) is 3.49. The van der Waals surface area contributed by atoms with Gasteiger partial charge in [-0.2, -0.15) is 0 Å². The van der Waals surface area contributed by atoms with E-state index in [4.69, 9.17) is 23.7 Å². The van der Waals surface area contributed by atoms with E-state index in [2.05, 4.69) is 4.90 Å². The highest BCUT2D eigenvalue weighted by Crippen LogP contribution is 2.35. The summed E-state index contributed by atoms with van der Waals surface area (Å²) in [5.41, 5.74) is 1.76. The molecule has 1 aliphatic rings. The number of hydrogen-bond donors (Lipinski definition) is 1. The van der Waals surface area contributed by atoms with Gasteiger partial charge >= 0.3 is 5.97 Å². The molecule has 9 nitrogen and oxygen atoms in total.